The molecular formula is C18H25NO4. The first-order chi connectivity index (χ1) is 11.0. The fraction of sp³-hybridized carbons (Fsp3) is 0.556. The number of piperidine rings is 1. The lowest BCUT2D eigenvalue weighted by Crippen LogP contribution is -2.42. The summed E-state index contributed by atoms with van der Waals surface area (Å²) in [6, 6.07) is 7.20. The Hall–Kier alpha value is -2.04. The van der Waals surface area contributed by atoms with Crippen molar-refractivity contribution in [1.82, 2.24) is 4.90 Å². The third kappa shape index (κ3) is 4.71. The van der Waals surface area contributed by atoms with Gasteiger partial charge in [-0.1, -0.05) is 26.0 Å². The van der Waals surface area contributed by atoms with Gasteiger partial charge >= 0.3 is 5.97 Å². The molecular weight excluding hydrogens is 294 g/mol. The summed E-state index contributed by atoms with van der Waals surface area (Å²) in [6.45, 7) is 5.69. The van der Waals surface area contributed by atoms with Crippen molar-refractivity contribution in [2.24, 2.45) is 11.8 Å². The Morgan fingerprint density at radius 1 is 1.35 bits per heavy atom. The number of carboxylic acids is 1. The van der Waals surface area contributed by atoms with E-state index in [0.717, 1.165) is 12.8 Å². The molecule has 1 heterocycles. The SMILES string of the molecule is CC(C)CCOc1ccccc1C(=O)N1CCCC(C(=O)O)C1. The number of hydrogen-bond donors (Lipinski definition) is 1. The van der Waals surface area contributed by atoms with Crippen LogP contribution in [0.1, 0.15) is 43.5 Å². The topological polar surface area (TPSA) is 66.8 Å². The van der Waals surface area contributed by atoms with Crippen molar-refractivity contribution in [2.75, 3.05) is 19.7 Å². The van der Waals surface area contributed by atoms with Crippen molar-refractivity contribution in [2.45, 2.75) is 33.1 Å². The maximum absolute atomic E-state index is 12.7. The zero-order chi connectivity index (χ0) is 16.8. The predicted octanol–water partition coefficient (Wildman–Crippen LogP) is 3.05. The smallest absolute Gasteiger partial charge is 0.308 e. The maximum atomic E-state index is 12.7. The highest BCUT2D eigenvalue weighted by Crippen LogP contribution is 2.24. The summed E-state index contributed by atoms with van der Waals surface area (Å²) in [7, 11) is 0. The number of para-hydroxylation sites is 1. The van der Waals surface area contributed by atoms with E-state index < -0.39 is 11.9 Å². The van der Waals surface area contributed by atoms with Crippen LogP contribution in [0.4, 0.5) is 0 Å². The summed E-state index contributed by atoms with van der Waals surface area (Å²) in [5, 5.41) is 9.17. The molecule has 1 aliphatic heterocycles. The van der Waals surface area contributed by atoms with Crippen LogP contribution in [0, 0.1) is 11.8 Å². The Bertz CT molecular complexity index is 556. The van der Waals surface area contributed by atoms with E-state index in [0.29, 0.717) is 36.8 Å². The van der Waals surface area contributed by atoms with Gasteiger partial charge in [0.1, 0.15) is 5.75 Å². The fourth-order valence-corrected chi connectivity index (χ4v) is 2.71. The van der Waals surface area contributed by atoms with E-state index in [1.54, 1.807) is 23.1 Å². The second-order valence-corrected chi connectivity index (χ2v) is 6.46. The number of benzene rings is 1. The van der Waals surface area contributed by atoms with Crippen LogP contribution in [0.2, 0.25) is 0 Å². The molecule has 0 aromatic heterocycles. The number of ether oxygens (including phenoxy) is 1. The lowest BCUT2D eigenvalue weighted by molar-refractivity contribution is -0.143. The Morgan fingerprint density at radius 2 is 2.09 bits per heavy atom. The lowest BCUT2D eigenvalue weighted by atomic mass is 9.97. The van der Waals surface area contributed by atoms with E-state index in [4.69, 9.17) is 9.84 Å². The van der Waals surface area contributed by atoms with E-state index in [-0.39, 0.29) is 12.5 Å². The van der Waals surface area contributed by atoms with Gasteiger partial charge in [-0.15, -0.1) is 0 Å². The molecule has 0 spiro atoms. The molecule has 1 aromatic rings. The van der Waals surface area contributed by atoms with Gasteiger partial charge in [-0.05, 0) is 37.3 Å². The van der Waals surface area contributed by atoms with Crippen molar-refractivity contribution in [3.8, 4) is 5.75 Å². The molecule has 1 atom stereocenters. The van der Waals surface area contributed by atoms with Crippen LogP contribution in [0.15, 0.2) is 24.3 Å². The minimum absolute atomic E-state index is 0.143. The monoisotopic (exact) mass is 319 g/mol. The Morgan fingerprint density at radius 3 is 2.78 bits per heavy atom. The van der Waals surface area contributed by atoms with Crippen LogP contribution < -0.4 is 4.74 Å². The number of aliphatic carboxylic acids is 1. The average Bonchev–Trinajstić information content (AvgIpc) is 2.54. The third-order valence-corrected chi connectivity index (χ3v) is 4.13. The summed E-state index contributed by atoms with van der Waals surface area (Å²) >= 11 is 0. The van der Waals surface area contributed by atoms with Crippen molar-refractivity contribution >= 4 is 11.9 Å². The lowest BCUT2D eigenvalue weighted by Gasteiger charge is -2.31. The second-order valence-electron chi connectivity index (χ2n) is 6.46. The average molecular weight is 319 g/mol. The van der Waals surface area contributed by atoms with Gasteiger partial charge < -0.3 is 14.7 Å². The molecule has 1 amide bonds. The number of rotatable bonds is 6. The van der Waals surface area contributed by atoms with Gasteiger partial charge in [0, 0.05) is 13.1 Å². The number of carbonyl (C=O) groups is 2. The molecule has 0 radical (unpaired) electrons. The summed E-state index contributed by atoms with van der Waals surface area (Å²) in [5.74, 6) is -0.325. The summed E-state index contributed by atoms with van der Waals surface area (Å²) in [5.41, 5.74) is 0.516. The van der Waals surface area contributed by atoms with Gasteiger partial charge in [-0.25, -0.2) is 0 Å². The molecule has 0 saturated carbocycles. The molecule has 126 valence electrons. The zero-order valence-corrected chi connectivity index (χ0v) is 13.8. The van der Waals surface area contributed by atoms with Gasteiger partial charge in [0.15, 0.2) is 0 Å². The number of carboxylic acid groups (broad SMARTS) is 1. The number of hydrogen-bond acceptors (Lipinski definition) is 3. The molecule has 1 unspecified atom stereocenters. The summed E-state index contributed by atoms with van der Waals surface area (Å²) in [6.07, 6.45) is 2.28. The van der Waals surface area contributed by atoms with Crippen LogP contribution in [0.3, 0.4) is 0 Å². The minimum atomic E-state index is -0.830. The van der Waals surface area contributed by atoms with Crippen molar-refractivity contribution in [1.29, 1.82) is 0 Å². The molecule has 0 bridgehead atoms. The van der Waals surface area contributed by atoms with Crippen LogP contribution in [-0.4, -0.2) is 41.6 Å². The quantitative estimate of drug-likeness (QED) is 0.875. The molecule has 1 aromatic carbocycles. The second kappa shape index (κ2) is 7.99. The van der Waals surface area contributed by atoms with Crippen molar-refractivity contribution < 1.29 is 19.4 Å². The van der Waals surface area contributed by atoms with Crippen LogP contribution in [-0.2, 0) is 4.79 Å². The highest BCUT2D eigenvalue weighted by atomic mass is 16.5. The van der Waals surface area contributed by atoms with Crippen LogP contribution in [0.5, 0.6) is 5.75 Å². The van der Waals surface area contributed by atoms with Gasteiger partial charge in [0.2, 0.25) is 0 Å². The van der Waals surface area contributed by atoms with Gasteiger partial charge in [0.05, 0.1) is 18.1 Å². The zero-order valence-electron chi connectivity index (χ0n) is 13.8. The van der Waals surface area contributed by atoms with E-state index in [1.165, 1.54) is 0 Å². The summed E-state index contributed by atoms with van der Waals surface area (Å²) in [4.78, 5) is 25.5. The highest BCUT2D eigenvalue weighted by Gasteiger charge is 2.29. The van der Waals surface area contributed by atoms with E-state index in [1.807, 2.05) is 6.07 Å². The number of amides is 1. The fourth-order valence-electron chi connectivity index (χ4n) is 2.71. The normalized spacial score (nSPS) is 18.0. The van der Waals surface area contributed by atoms with Crippen LogP contribution in [0.25, 0.3) is 0 Å². The number of likely N-dealkylation sites (tertiary alicyclic amines) is 1. The van der Waals surface area contributed by atoms with Gasteiger partial charge in [-0.2, -0.15) is 0 Å². The molecule has 2 rings (SSSR count). The minimum Gasteiger partial charge on any atom is -0.493 e. The first-order valence-electron chi connectivity index (χ1n) is 8.23. The van der Waals surface area contributed by atoms with Gasteiger partial charge in [0.25, 0.3) is 5.91 Å². The molecule has 23 heavy (non-hydrogen) atoms. The molecule has 0 aliphatic carbocycles. The molecule has 5 nitrogen and oxygen atoms in total. The predicted molar refractivity (Wildman–Crippen MR) is 87.7 cm³/mol. The van der Waals surface area contributed by atoms with E-state index in [2.05, 4.69) is 13.8 Å². The number of carbonyl (C=O) groups excluding carboxylic acids is 1. The Balaban J connectivity index is 2.08. The maximum Gasteiger partial charge on any atom is 0.308 e. The van der Waals surface area contributed by atoms with Gasteiger partial charge in [-0.3, -0.25) is 9.59 Å². The molecule has 1 saturated heterocycles. The molecule has 1 fully saturated rings. The molecule has 5 heteroatoms. The van der Waals surface area contributed by atoms with E-state index >= 15 is 0 Å². The van der Waals surface area contributed by atoms with E-state index in [9.17, 15) is 9.59 Å². The molecule has 1 aliphatic rings. The Kier molecular flexibility index (Phi) is 6.02. The standard InChI is InChI=1S/C18H25NO4/c1-13(2)9-11-23-16-8-4-3-7-15(16)17(20)19-10-5-6-14(12-19)18(21)22/h3-4,7-8,13-14H,5-6,9-12H2,1-2H3,(H,21,22). The number of nitrogens with zero attached hydrogens (tertiary/aromatic N) is 1. The first-order valence-corrected chi connectivity index (χ1v) is 8.23. The third-order valence-electron chi connectivity index (χ3n) is 4.13. The van der Waals surface area contributed by atoms with Crippen molar-refractivity contribution in [3.05, 3.63) is 29.8 Å². The Labute approximate surface area is 137 Å². The van der Waals surface area contributed by atoms with Crippen molar-refractivity contribution in [3.63, 3.8) is 0 Å². The first kappa shape index (κ1) is 17.3. The largest absolute Gasteiger partial charge is 0.493 e. The summed E-state index contributed by atoms with van der Waals surface area (Å²) < 4.78 is 5.77. The highest BCUT2D eigenvalue weighted by molar-refractivity contribution is 5.97. The van der Waals surface area contributed by atoms with Crippen LogP contribution >= 0.6 is 0 Å². The molecule has 1 N–H and O–H groups in total.